The summed E-state index contributed by atoms with van der Waals surface area (Å²) in [6.45, 7) is 1.63. The maximum atomic E-state index is 13.0. The van der Waals surface area contributed by atoms with E-state index >= 15 is 0 Å². The average molecular weight is 187 g/mol. The Labute approximate surface area is 75.2 Å². The predicted molar refractivity (Wildman–Crippen MR) is 45.9 cm³/mol. The topological polar surface area (TPSA) is 17.1 Å². The molecule has 0 radical (unpaired) electrons. The highest BCUT2D eigenvalue weighted by atomic mass is 35.5. The number of carbonyl (C=O) groups excluding carboxylic acids is 1. The molecule has 0 heterocycles. The van der Waals surface area contributed by atoms with Gasteiger partial charge in [-0.05, 0) is 23.8 Å². The Morgan fingerprint density at radius 3 is 2.83 bits per heavy atom. The molecule has 1 nitrogen and oxygen atoms in total. The van der Waals surface area contributed by atoms with Crippen LogP contribution in [0, 0.1) is 5.82 Å². The average Bonchev–Trinajstić information content (AvgIpc) is 2.08. The van der Waals surface area contributed by atoms with Gasteiger partial charge in [0.2, 0.25) is 0 Å². The molecule has 1 aromatic carbocycles. The standard InChI is InChI=1S/C9H8ClFO/c1-6(5-12)8-4-7(10)2-3-9(8)11/h2-6H,1H3. The van der Waals surface area contributed by atoms with Crippen molar-refractivity contribution >= 4 is 17.9 Å². The molecule has 64 valence electrons. The van der Waals surface area contributed by atoms with Crippen molar-refractivity contribution in [3.8, 4) is 0 Å². The molecule has 0 aliphatic rings. The van der Waals surface area contributed by atoms with Crippen LogP contribution in [-0.2, 0) is 4.79 Å². The maximum Gasteiger partial charge on any atom is 0.127 e. The van der Waals surface area contributed by atoms with Gasteiger partial charge < -0.3 is 4.79 Å². The van der Waals surface area contributed by atoms with E-state index in [-0.39, 0.29) is 5.82 Å². The first-order valence-electron chi connectivity index (χ1n) is 3.55. The summed E-state index contributed by atoms with van der Waals surface area (Å²) in [5, 5.41) is 0.445. The highest BCUT2D eigenvalue weighted by Crippen LogP contribution is 2.21. The van der Waals surface area contributed by atoms with Crippen LogP contribution in [0.4, 0.5) is 4.39 Å². The molecular formula is C9H8ClFO. The molecule has 0 saturated carbocycles. The zero-order valence-corrected chi connectivity index (χ0v) is 7.31. The SMILES string of the molecule is CC(C=O)c1cc(Cl)ccc1F. The van der Waals surface area contributed by atoms with Gasteiger partial charge >= 0.3 is 0 Å². The van der Waals surface area contributed by atoms with Crippen molar-refractivity contribution in [3.63, 3.8) is 0 Å². The van der Waals surface area contributed by atoms with E-state index in [0.29, 0.717) is 16.9 Å². The summed E-state index contributed by atoms with van der Waals surface area (Å²) in [7, 11) is 0. The Morgan fingerprint density at radius 2 is 2.25 bits per heavy atom. The number of aldehydes is 1. The van der Waals surface area contributed by atoms with Crippen molar-refractivity contribution in [2.24, 2.45) is 0 Å². The van der Waals surface area contributed by atoms with Gasteiger partial charge in [-0.25, -0.2) is 4.39 Å². The summed E-state index contributed by atoms with van der Waals surface area (Å²) in [5.74, 6) is -0.831. The molecule has 1 unspecified atom stereocenters. The summed E-state index contributed by atoms with van der Waals surface area (Å²) in [4.78, 5) is 10.4. The normalized spacial score (nSPS) is 12.6. The second-order valence-electron chi connectivity index (χ2n) is 2.59. The third-order valence-corrected chi connectivity index (χ3v) is 1.89. The molecular weight excluding hydrogens is 179 g/mol. The van der Waals surface area contributed by atoms with Gasteiger partial charge in [-0.15, -0.1) is 0 Å². The number of carbonyl (C=O) groups is 1. The first-order chi connectivity index (χ1) is 5.65. The van der Waals surface area contributed by atoms with E-state index in [4.69, 9.17) is 11.6 Å². The molecule has 0 bridgehead atoms. The van der Waals surface area contributed by atoms with E-state index in [1.807, 2.05) is 0 Å². The first-order valence-corrected chi connectivity index (χ1v) is 3.93. The van der Waals surface area contributed by atoms with Gasteiger partial charge in [-0.1, -0.05) is 18.5 Å². The Morgan fingerprint density at radius 1 is 1.58 bits per heavy atom. The molecule has 0 aliphatic heterocycles. The fourth-order valence-electron chi connectivity index (χ4n) is 0.937. The molecule has 0 aromatic heterocycles. The van der Waals surface area contributed by atoms with Crippen LogP contribution in [0.2, 0.25) is 5.02 Å². The highest BCUT2D eigenvalue weighted by molar-refractivity contribution is 6.30. The molecule has 1 atom stereocenters. The molecule has 0 N–H and O–H groups in total. The minimum Gasteiger partial charge on any atom is -0.303 e. The fourth-order valence-corrected chi connectivity index (χ4v) is 1.12. The van der Waals surface area contributed by atoms with E-state index in [1.165, 1.54) is 18.2 Å². The van der Waals surface area contributed by atoms with Crippen LogP contribution in [0.15, 0.2) is 18.2 Å². The third kappa shape index (κ3) is 1.83. The third-order valence-electron chi connectivity index (χ3n) is 1.65. The van der Waals surface area contributed by atoms with E-state index < -0.39 is 5.92 Å². The Bertz CT molecular complexity index is 299. The van der Waals surface area contributed by atoms with Gasteiger partial charge in [0.25, 0.3) is 0 Å². The zero-order chi connectivity index (χ0) is 9.14. The van der Waals surface area contributed by atoms with Gasteiger partial charge in [-0.2, -0.15) is 0 Å². The monoisotopic (exact) mass is 186 g/mol. The molecule has 0 amide bonds. The lowest BCUT2D eigenvalue weighted by Crippen LogP contribution is -1.97. The van der Waals surface area contributed by atoms with Gasteiger partial charge in [0.05, 0.1) is 0 Å². The minimum absolute atomic E-state index is 0.345. The maximum absolute atomic E-state index is 13.0. The van der Waals surface area contributed by atoms with Gasteiger partial charge in [0.15, 0.2) is 0 Å². The van der Waals surface area contributed by atoms with Crippen LogP contribution in [-0.4, -0.2) is 6.29 Å². The lowest BCUT2D eigenvalue weighted by molar-refractivity contribution is -0.108. The molecule has 1 rings (SSSR count). The fraction of sp³-hybridized carbons (Fsp3) is 0.222. The van der Waals surface area contributed by atoms with Gasteiger partial charge in [-0.3, -0.25) is 0 Å². The van der Waals surface area contributed by atoms with E-state index in [1.54, 1.807) is 6.92 Å². The van der Waals surface area contributed by atoms with Crippen LogP contribution in [0.1, 0.15) is 18.4 Å². The molecule has 0 fully saturated rings. The molecule has 0 spiro atoms. The number of halogens is 2. The second-order valence-corrected chi connectivity index (χ2v) is 3.03. The number of hydrogen-bond donors (Lipinski definition) is 0. The Hall–Kier alpha value is -0.890. The van der Waals surface area contributed by atoms with E-state index in [2.05, 4.69) is 0 Å². The largest absolute Gasteiger partial charge is 0.303 e. The molecule has 12 heavy (non-hydrogen) atoms. The number of rotatable bonds is 2. The van der Waals surface area contributed by atoms with Crippen molar-refractivity contribution in [1.82, 2.24) is 0 Å². The lowest BCUT2D eigenvalue weighted by atomic mass is 10.0. The molecule has 0 aliphatic carbocycles. The van der Waals surface area contributed by atoms with Crippen molar-refractivity contribution in [2.75, 3.05) is 0 Å². The van der Waals surface area contributed by atoms with Crippen molar-refractivity contribution in [2.45, 2.75) is 12.8 Å². The molecule has 0 saturated heterocycles. The van der Waals surface area contributed by atoms with Crippen LogP contribution in [0.5, 0.6) is 0 Å². The van der Waals surface area contributed by atoms with Crippen LogP contribution in [0.25, 0.3) is 0 Å². The van der Waals surface area contributed by atoms with Crippen LogP contribution in [0.3, 0.4) is 0 Å². The first kappa shape index (κ1) is 9.20. The van der Waals surface area contributed by atoms with Crippen molar-refractivity contribution in [1.29, 1.82) is 0 Å². The minimum atomic E-state index is -0.441. The Balaban J connectivity index is 3.12. The van der Waals surface area contributed by atoms with Crippen molar-refractivity contribution in [3.05, 3.63) is 34.6 Å². The summed E-state index contributed by atoms with van der Waals surface area (Å²) in [5.41, 5.74) is 0.345. The van der Waals surface area contributed by atoms with Crippen LogP contribution < -0.4 is 0 Å². The van der Waals surface area contributed by atoms with Gasteiger partial charge in [0, 0.05) is 10.9 Å². The highest BCUT2D eigenvalue weighted by Gasteiger charge is 2.09. The summed E-state index contributed by atoms with van der Waals surface area (Å²) in [6.07, 6.45) is 0.689. The van der Waals surface area contributed by atoms with Crippen LogP contribution >= 0.6 is 11.6 Å². The van der Waals surface area contributed by atoms with E-state index in [0.717, 1.165) is 0 Å². The number of benzene rings is 1. The lowest BCUT2D eigenvalue weighted by Gasteiger charge is -2.05. The summed E-state index contributed by atoms with van der Waals surface area (Å²) >= 11 is 5.64. The van der Waals surface area contributed by atoms with Crippen molar-refractivity contribution < 1.29 is 9.18 Å². The summed E-state index contributed by atoms with van der Waals surface area (Å²) in [6, 6.07) is 4.19. The zero-order valence-electron chi connectivity index (χ0n) is 6.55. The number of hydrogen-bond acceptors (Lipinski definition) is 1. The predicted octanol–water partition coefficient (Wildman–Crippen LogP) is 2.78. The smallest absolute Gasteiger partial charge is 0.127 e. The molecule has 3 heteroatoms. The Kier molecular flexibility index (Phi) is 2.82. The van der Waals surface area contributed by atoms with E-state index in [9.17, 15) is 9.18 Å². The quantitative estimate of drug-likeness (QED) is 0.650. The second kappa shape index (κ2) is 3.68. The summed E-state index contributed by atoms with van der Waals surface area (Å²) < 4.78 is 13.0. The molecule has 1 aromatic rings. The van der Waals surface area contributed by atoms with Gasteiger partial charge in [0.1, 0.15) is 12.1 Å².